The maximum Gasteiger partial charge on any atom is 0.251 e. The lowest BCUT2D eigenvalue weighted by molar-refractivity contribution is 0.0950. The van der Waals surface area contributed by atoms with Gasteiger partial charge in [0.15, 0.2) is 0 Å². The van der Waals surface area contributed by atoms with E-state index in [-0.39, 0.29) is 12.0 Å². The molecule has 2 aromatic carbocycles. The summed E-state index contributed by atoms with van der Waals surface area (Å²) in [5.74, 6) is 2.17. The number of benzene rings is 2. The van der Waals surface area contributed by atoms with Crippen molar-refractivity contribution in [2.24, 2.45) is 0 Å². The molecule has 0 unspecified atom stereocenters. The number of hydrogen-bond acceptors (Lipinski definition) is 4. The summed E-state index contributed by atoms with van der Waals surface area (Å²) in [6.07, 6.45) is 1.05. The van der Waals surface area contributed by atoms with Gasteiger partial charge in [-0.25, -0.2) is 0 Å². The van der Waals surface area contributed by atoms with Crippen molar-refractivity contribution < 1.29 is 19.0 Å². The Bertz CT molecular complexity index is 772. The number of carbonyl (C=O) groups is 1. The summed E-state index contributed by atoms with van der Waals surface area (Å²) < 4.78 is 16.7. The summed E-state index contributed by atoms with van der Waals surface area (Å²) in [5, 5.41) is 2.94. The van der Waals surface area contributed by atoms with Gasteiger partial charge in [0, 0.05) is 29.7 Å². The smallest absolute Gasteiger partial charge is 0.251 e. The number of ether oxygens (including phenoxy) is 3. The molecule has 0 saturated heterocycles. The largest absolute Gasteiger partial charge is 0.497 e. The average Bonchev–Trinajstić information content (AvgIpc) is 2.98. The maximum absolute atomic E-state index is 12.4. The van der Waals surface area contributed by atoms with Crippen molar-refractivity contribution in [3.05, 3.63) is 53.1 Å². The Morgan fingerprint density at radius 1 is 1.32 bits per heavy atom. The number of fused-ring (bicyclic) bond motifs is 1. The van der Waals surface area contributed by atoms with Crippen molar-refractivity contribution in [1.29, 1.82) is 0 Å². The Morgan fingerprint density at radius 3 is 2.92 bits per heavy atom. The maximum atomic E-state index is 12.4. The second-order valence-electron chi connectivity index (χ2n) is 6.05. The third-order valence-electron chi connectivity index (χ3n) is 4.15. The first-order valence-electron chi connectivity index (χ1n) is 8.48. The second kappa shape index (κ2) is 7.47. The van der Waals surface area contributed by atoms with Gasteiger partial charge >= 0.3 is 0 Å². The Kier molecular flexibility index (Phi) is 5.12. The normalized spacial score (nSPS) is 15.2. The van der Waals surface area contributed by atoms with Crippen LogP contribution >= 0.6 is 0 Å². The zero-order chi connectivity index (χ0) is 17.8. The van der Waals surface area contributed by atoms with Crippen molar-refractivity contribution in [3.63, 3.8) is 0 Å². The highest BCUT2D eigenvalue weighted by atomic mass is 16.5. The van der Waals surface area contributed by atoms with Crippen LogP contribution < -0.4 is 19.5 Å². The topological polar surface area (TPSA) is 56.8 Å². The van der Waals surface area contributed by atoms with Gasteiger partial charge in [0.2, 0.25) is 0 Å². The molecule has 1 aliphatic rings. The lowest BCUT2D eigenvalue weighted by Crippen LogP contribution is -2.23. The number of methoxy groups -OCH3 is 1. The van der Waals surface area contributed by atoms with Crippen molar-refractivity contribution in [2.75, 3.05) is 13.7 Å². The molecule has 1 amide bonds. The molecule has 1 N–H and O–H groups in total. The minimum Gasteiger partial charge on any atom is -0.497 e. The van der Waals surface area contributed by atoms with Gasteiger partial charge in [0.1, 0.15) is 23.4 Å². The number of rotatable bonds is 6. The molecule has 2 aromatic rings. The van der Waals surface area contributed by atoms with E-state index in [1.54, 1.807) is 25.3 Å². The highest BCUT2D eigenvalue weighted by Gasteiger charge is 2.22. The average molecular weight is 341 g/mol. The lowest BCUT2D eigenvalue weighted by atomic mass is 10.1. The van der Waals surface area contributed by atoms with Gasteiger partial charge in [0.05, 0.1) is 13.7 Å². The summed E-state index contributed by atoms with van der Waals surface area (Å²) >= 11 is 0. The van der Waals surface area contributed by atoms with E-state index in [1.807, 2.05) is 32.0 Å². The summed E-state index contributed by atoms with van der Waals surface area (Å²) in [7, 11) is 1.58. The SMILES string of the molecule is CCOc1cc2c(cc1CNC(=O)c1cccc(OC)c1)O[C@H](C)C2. The van der Waals surface area contributed by atoms with Crippen molar-refractivity contribution in [2.45, 2.75) is 32.9 Å². The van der Waals surface area contributed by atoms with Gasteiger partial charge in [-0.05, 0) is 44.2 Å². The molecule has 1 atom stereocenters. The predicted octanol–water partition coefficient (Wildman–Crippen LogP) is 3.35. The highest BCUT2D eigenvalue weighted by molar-refractivity contribution is 5.94. The van der Waals surface area contributed by atoms with Crippen LogP contribution in [0.25, 0.3) is 0 Å². The summed E-state index contributed by atoms with van der Waals surface area (Å²) in [6.45, 7) is 4.94. The van der Waals surface area contributed by atoms with Gasteiger partial charge in [-0.1, -0.05) is 6.07 Å². The fraction of sp³-hybridized carbons (Fsp3) is 0.350. The molecule has 3 rings (SSSR count). The lowest BCUT2D eigenvalue weighted by Gasteiger charge is -2.13. The van der Waals surface area contributed by atoms with Gasteiger partial charge in [0.25, 0.3) is 5.91 Å². The second-order valence-corrected chi connectivity index (χ2v) is 6.05. The van der Waals surface area contributed by atoms with Crippen LogP contribution in [0.1, 0.15) is 35.3 Å². The van der Waals surface area contributed by atoms with Crippen LogP contribution in [0.4, 0.5) is 0 Å². The number of carbonyl (C=O) groups excluding carboxylic acids is 1. The Labute approximate surface area is 147 Å². The minimum absolute atomic E-state index is 0.156. The molecule has 0 spiro atoms. The third kappa shape index (κ3) is 3.87. The van der Waals surface area contributed by atoms with Crippen LogP contribution in [0.5, 0.6) is 17.2 Å². The highest BCUT2D eigenvalue weighted by Crippen LogP contribution is 2.35. The fourth-order valence-electron chi connectivity index (χ4n) is 2.95. The molecular weight excluding hydrogens is 318 g/mol. The Morgan fingerprint density at radius 2 is 2.16 bits per heavy atom. The summed E-state index contributed by atoms with van der Waals surface area (Å²) in [5.41, 5.74) is 2.62. The summed E-state index contributed by atoms with van der Waals surface area (Å²) in [4.78, 5) is 12.4. The van der Waals surface area contributed by atoms with Crippen molar-refractivity contribution >= 4 is 5.91 Å². The quantitative estimate of drug-likeness (QED) is 0.875. The molecule has 132 valence electrons. The number of nitrogens with one attached hydrogen (secondary N) is 1. The molecule has 1 aliphatic heterocycles. The first-order chi connectivity index (χ1) is 12.1. The zero-order valence-electron chi connectivity index (χ0n) is 14.8. The van der Waals surface area contributed by atoms with E-state index in [4.69, 9.17) is 14.2 Å². The van der Waals surface area contributed by atoms with E-state index in [2.05, 4.69) is 5.32 Å². The molecule has 5 heteroatoms. The molecule has 0 aliphatic carbocycles. The molecule has 0 aromatic heterocycles. The zero-order valence-corrected chi connectivity index (χ0v) is 14.8. The van der Waals surface area contributed by atoms with E-state index in [0.29, 0.717) is 24.5 Å². The first kappa shape index (κ1) is 17.1. The predicted molar refractivity (Wildman–Crippen MR) is 95.6 cm³/mol. The van der Waals surface area contributed by atoms with Crippen LogP contribution in [0.2, 0.25) is 0 Å². The monoisotopic (exact) mass is 341 g/mol. The van der Waals surface area contributed by atoms with E-state index in [1.165, 1.54) is 0 Å². The van der Waals surface area contributed by atoms with Crippen LogP contribution in [0.3, 0.4) is 0 Å². The molecule has 1 heterocycles. The Balaban J connectivity index is 1.75. The van der Waals surface area contributed by atoms with E-state index < -0.39 is 0 Å². The molecule has 0 fully saturated rings. The number of hydrogen-bond donors (Lipinski definition) is 1. The first-order valence-corrected chi connectivity index (χ1v) is 8.48. The van der Waals surface area contributed by atoms with E-state index >= 15 is 0 Å². The molecule has 0 bridgehead atoms. The van der Waals surface area contributed by atoms with Crippen molar-refractivity contribution in [3.8, 4) is 17.2 Å². The van der Waals surface area contributed by atoms with Gasteiger partial charge < -0.3 is 19.5 Å². The molecule has 0 radical (unpaired) electrons. The molecule has 25 heavy (non-hydrogen) atoms. The van der Waals surface area contributed by atoms with Crippen LogP contribution in [-0.2, 0) is 13.0 Å². The van der Waals surface area contributed by atoms with Crippen LogP contribution in [0, 0.1) is 0 Å². The molecular formula is C20H23NO4. The standard InChI is InChI=1S/C20H23NO4/c1-4-24-18-10-15-8-13(2)25-19(15)11-16(18)12-21-20(22)14-6-5-7-17(9-14)23-3/h5-7,9-11,13H,4,8,12H2,1-3H3,(H,21,22)/t13-/m1/s1. The summed E-state index contributed by atoms with van der Waals surface area (Å²) in [6, 6.07) is 11.1. The third-order valence-corrected chi connectivity index (χ3v) is 4.15. The van der Waals surface area contributed by atoms with E-state index in [9.17, 15) is 4.79 Å². The molecule has 0 saturated carbocycles. The van der Waals surface area contributed by atoms with Gasteiger partial charge in [-0.3, -0.25) is 4.79 Å². The van der Waals surface area contributed by atoms with E-state index in [0.717, 1.165) is 29.0 Å². The van der Waals surface area contributed by atoms with Crippen molar-refractivity contribution in [1.82, 2.24) is 5.32 Å². The van der Waals surface area contributed by atoms with Crippen LogP contribution in [-0.4, -0.2) is 25.7 Å². The Hall–Kier alpha value is -2.69. The molecule has 5 nitrogen and oxygen atoms in total. The van der Waals surface area contributed by atoms with Gasteiger partial charge in [-0.2, -0.15) is 0 Å². The fourth-order valence-corrected chi connectivity index (χ4v) is 2.95. The number of amides is 1. The van der Waals surface area contributed by atoms with Gasteiger partial charge in [-0.15, -0.1) is 0 Å². The van der Waals surface area contributed by atoms with Crippen LogP contribution in [0.15, 0.2) is 36.4 Å². The minimum atomic E-state index is -0.156.